The van der Waals surface area contributed by atoms with Crippen molar-refractivity contribution in [3.63, 3.8) is 0 Å². The van der Waals surface area contributed by atoms with Gasteiger partial charge in [0.15, 0.2) is 0 Å². The summed E-state index contributed by atoms with van der Waals surface area (Å²) in [5.41, 5.74) is 4.08. The van der Waals surface area contributed by atoms with E-state index < -0.39 is 28.0 Å². The molecule has 4 aromatic carbocycles. The van der Waals surface area contributed by atoms with Crippen LogP contribution >= 0.6 is 11.8 Å². The van der Waals surface area contributed by atoms with Gasteiger partial charge in [0.05, 0.1) is 48.3 Å². The molecule has 1 saturated carbocycles. The Bertz CT molecular complexity index is 2480. The summed E-state index contributed by atoms with van der Waals surface area (Å²) in [5.74, 6) is -0.564. The number of amides is 2. The van der Waals surface area contributed by atoms with E-state index in [4.69, 9.17) is 33.7 Å². The molecule has 7 rings (SSSR count). The van der Waals surface area contributed by atoms with Crippen LogP contribution in [0, 0.1) is 27.9 Å². The zero-order valence-corrected chi connectivity index (χ0v) is 39.2. The average molecular weight is 951 g/mol. The summed E-state index contributed by atoms with van der Waals surface area (Å²) >= 11 is 1.56. The maximum atomic E-state index is 13.6. The number of allylic oxidation sites excluding steroid dienone is 1. The molecule has 68 heavy (non-hydrogen) atoms. The summed E-state index contributed by atoms with van der Waals surface area (Å²) in [6, 6.07) is 24.1. The van der Waals surface area contributed by atoms with E-state index >= 15 is 0 Å². The van der Waals surface area contributed by atoms with Crippen molar-refractivity contribution in [3.05, 3.63) is 130 Å². The molecule has 6 atom stereocenters. The number of nitrogens with zero attached hydrogens (tertiary/aromatic N) is 2. The molecule has 17 heteroatoms. The van der Waals surface area contributed by atoms with Gasteiger partial charge < -0.3 is 44.1 Å². The van der Waals surface area contributed by atoms with E-state index in [2.05, 4.69) is 23.3 Å². The number of nitro groups is 1. The Morgan fingerprint density at radius 1 is 0.941 bits per heavy atom. The minimum absolute atomic E-state index is 0.0136. The molecule has 4 N–H and O–H groups in total. The van der Waals surface area contributed by atoms with Crippen molar-refractivity contribution in [2.45, 2.75) is 80.3 Å². The second-order valence-corrected chi connectivity index (χ2v) is 18.1. The molecule has 0 saturated heterocycles. The van der Waals surface area contributed by atoms with Crippen LogP contribution in [0.3, 0.4) is 0 Å². The molecule has 360 valence electrons. The Hall–Kier alpha value is -6.40. The predicted molar refractivity (Wildman–Crippen MR) is 259 cm³/mol. The predicted octanol–water partition coefficient (Wildman–Crippen LogP) is 9.81. The fraction of sp³-hybridized carbons (Fsp3) is 0.392. The molecule has 2 amide bonds. The first kappa shape index (κ1) is 49.5. The summed E-state index contributed by atoms with van der Waals surface area (Å²) < 4.78 is 31.1. The second kappa shape index (κ2) is 23.1. The molecule has 2 aliphatic carbocycles. The van der Waals surface area contributed by atoms with Gasteiger partial charge in [-0.15, -0.1) is 18.3 Å². The van der Waals surface area contributed by atoms with Gasteiger partial charge >= 0.3 is 6.09 Å². The third kappa shape index (κ3) is 11.5. The van der Waals surface area contributed by atoms with Gasteiger partial charge in [-0.25, -0.2) is 4.79 Å². The van der Waals surface area contributed by atoms with Crippen LogP contribution in [-0.4, -0.2) is 77.9 Å². The largest absolute Gasteiger partial charge is 0.497 e. The second-order valence-electron chi connectivity index (χ2n) is 16.8. The van der Waals surface area contributed by atoms with E-state index in [-0.39, 0.29) is 61.5 Å². The maximum absolute atomic E-state index is 13.6. The van der Waals surface area contributed by atoms with E-state index in [1.165, 1.54) is 33.3 Å². The number of benzene rings is 4. The summed E-state index contributed by atoms with van der Waals surface area (Å²) in [6.07, 6.45) is 7.78. The Kier molecular flexibility index (Phi) is 16.8. The quantitative estimate of drug-likeness (QED) is 0.0251. The Labute approximate surface area is 399 Å². The topological polar surface area (TPSA) is 210 Å². The van der Waals surface area contributed by atoms with Crippen molar-refractivity contribution in [2.75, 3.05) is 44.7 Å². The van der Waals surface area contributed by atoms with Crippen molar-refractivity contribution in [1.29, 1.82) is 0 Å². The number of methoxy groups -OCH3 is 2. The van der Waals surface area contributed by atoms with E-state index in [1.54, 1.807) is 54.2 Å². The molecule has 3 aliphatic rings. The molecule has 16 nitrogen and oxygen atoms in total. The van der Waals surface area contributed by atoms with Crippen LogP contribution in [0.5, 0.6) is 23.0 Å². The fourth-order valence-electron chi connectivity index (χ4n) is 9.52. The minimum Gasteiger partial charge on any atom is -0.497 e. The first-order valence-electron chi connectivity index (χ1n) is 22.7. The highest BCUT2D eigenvalue weighted by Crippen LogP contribution is 2.63. The van der Waals surface area contributed by atoms with Crippen LogP contribution in [0.1, 0.15) is 68.9 Å². The lowest BCUT2D eigenvalue weighted by molar-refractivity contribution is -0.384. The molecule has 0 spiro atoms. The van der Waals surface area contributed by atoms with E-state index in [0.29, 0.717) is 59.2 Å². The van der Waals surface area contributed by atoms with E-state index in [1.807, 2.05) is 36.4 Å². The van der Waals surface area contributed by atoms with Gasteiger partial charge in [0.1, 0.15) is 29.6 Å². The van der Waals surface area contributed by atoms with Crippen molar-refractivity contribution in [1.82, 2.24) is 0 Å². The molecule has 0 bridgehead atoms. The molecule has 1 fully saturated rings. The number of thioether (sulfide) groups is 1. The van der Waals surface area contributed by atoms with Gasteiger partial charge in [0.25, 0.3) is 5.69 Å². The van der Waals surface area contributed by atoms with Crippen molar-refractivity contribution < 1.29 is 53.2 Å². The Morgan fingerprint density at radius 2 is 1.68 bits per heavy atom. The average Bonchev–Trinajstić information content (AvgIpc) is 3.33. The lowest BCUT2D eigenvalue weighted by atomic mass is 9.56. The number of nitrogens with one attached hydrogen (secondary N) is 2. The first-order valence-corrected chi connectivity index (χ1v) is 23.6. The van der Waals surface area contributed by atoms with Crippen LogP contribution in [0.25, 0.3) is 0 Å². The number of oxime groups is 1. The fourth-order valence-corrected chi connectivity index (χ4v) is 10.8. The van der Waals surface area contributed by atoms with E-state index in [9.17, 15) is 29.9 Å². The van der Waals surface area contributed by atoms with Crippen LogP contribution < -0.4 is 29.6 Å². The molecule has 1 heterocycles. The van der Waals surface area contributed by atoms with Crippen molar-refractivity contribution in [2.24, 2.45) is 22.9 Å². The number of fused-ring (bicyclic) bond motifs is 2. The number of carbonyl (C=O) groups excluding carboxylic acids is 2. The van der Waals surface area contributed by atoms with Crippen LogP contribution in [0.2, 0.25) is 0 Å². The van der Waals surface area contributed by atoms with Crippen molar-refractivity contribution in [3.8, 4) is 23.0 Å². The molecular formula is C51H58N4O12S. The van der Waals surface area contributed by atoms with Crippen LogP contribution in [-0.2, 0) is 21.0 Å². The zero-order chi connectivity index (χ0) is 48.2. The number of nitro benzene ring substituents is 1. The monoisotopic (exact) mass is 950 g/mol. The Morgan fingerprint density at radius 3 is 2.35 bits per heavy atom. The summed E-state index contributed by atoms with van der Waals surface area (Å²) in [4.78, 5) is 43.4. The smallest absolute Gasteiger partial charge is 0.417 e. The number of hydrogen-bond acceptors (Lipinski definition) is 14. The lowest BCUT2D eigenvalue weighted by Crippen LogP contribution is -2.64. The Balaban J connectivity index is 1.35. The van der Waals surface area contributed by atoms with Gasteiger partial charge in [-0.05, 0) is 115 Å². The van der Waals surface area contributed by atoms with E-state index in [0.717, 1.165) is 41.7 Å². The SMILES string of the molecule is C=CCOC12Oc3ccc(OC(=O)Nc4ccc(OC)cc4OC)cc3C3C(CCCCO)C(CCCCO)C=C(C(=NOCc4ccc([N+](=O)[O-])cc4)CC1Sc1ccc(NC(C)=O)cc1)C32. The number of carbonyl (C=O) groups is 2. The third-order valence-electron chi connectivity index (χ3n) is 12.5. The van der Waals surface area contributed by atoms with Crippen LogP contribution in [0.4, 0.5) is 21.9 Å². The van der Waals surface area contributed by atoms with Crippen LogP contribution in [0.15, 0.2) is 119 Å². The number of rotatable bonds is 22. The third-order valence-corrected chi connectivity index (χ3v) is 13.8. The summed E-state index contributed by atoms with van der Waals surface area (Å²) in [6.45, 7) is 5.77. The van der Waals surface area contributed by atoms with Gasteiger partial charge in [-0.1, -0.05) is 30.1 Å². The molecule has 1 aliphatic heterocycles. The first-order chi connectivity index (χ1) is 33.0. The number of unbranched alkanes of at least 4 members (excludes halogenated alkanes) is 2. The highest BCUT2D eigenvalue weighted by Gasteiger charge is 2.64. The number of non-ortho nitro benzene ring substituents is 1. The number of anilines is 2. The van der Waals surface area contributed by atoms with Gasteiger partial charge in [-0.3, -0.25) is 20.2 Å². The summed E-state index contributed by atoms with van der Waals surface area (Å²) in [5, 5.41) is 41.3. The standard InChI is InChI=1S/C51H58N4O12S/c1-5-26-64-51-47(68-39-20-14-35(15-21-39)52-32(2)58)30-44(54-65-31-33-12-16-36(17-13-33)55(60)61)41-27-34(10-6-8-24-56)40(11-7-9-25-57)48(49(41)51)42-28-38(19-23-45(42)67-51)66-50(59)53-43-22-18-37(62-3)29-46(43)63-4/h5,12-23,27-29,34,40,47-49,56-57H,1,6-11,24-26,30-31H2,2-4H3,(H,52,58)(H,53,59). The van der Waals surface area contributed by atoms with Crippen molar-refractivity contribution >= 4 is 46.5 Å². The molecule has 6 unspecified atom stereocenters. The maximum Gasteiger partial charge on any atom is 0.417 e. The number of aliphatic hydroxyl groups excluding tert-OH is 2. The summed E-state index contributed by atoms with van der Waals surface area (Å²) in [7, 11) is 3.03. The lowest BCUT2D eigenvalue weighted by Gasteiger charge is -2.58. The number of ether oxygens (including phenoxy) is 5. The van der Waals surface area contributed by atoms with Gasteiger partial charge in [-0.2, -0.15) is 0 Å². The highest BCUT2D eigenvalue weighted by atomic mass is 32.2. The zero-order valence-electron chi connectivity index (χ0n) is 38.4. The molecular weight excluding hydrogens is 893 g/mol. The molecule has 0 aromatic heterocycles. The number of hydrogen-bond donors (Lipinski definition) is 4. The molecule has 4 aromatic rings. The highest BCUT2D eigenvalue weighted by molar-refractivity contribution is 8.00. The van der Waals surface area contributed by atoms with Gasteiger partial charge in [0, 0.05) is 66.8 Å². The number of aliphatic hydroxyl groups is 2. The minimum atomic E-state index is -1.31. The van der Waals surface area contributed by atoms with Gasteiger partial charge in [0.2, 0.25) is 11.7 Å². The normalized spacial score (nSPS) is 21.8. The molecule has 0 radical (unpaired) electrons.